The van der Waals surface area contributed by atoms with Crippen LogP contribution in [-0.2, 0) is 0 Å². The van der Waals surface area contributed by atoms with E-state index < -0.39 is 7.59 Å². The van der Waals surface area contributed by atoms with E-state index in [0.29, 0.717) is 0 Å². The minimum absolute atomic E-state index is 0.881. The first-order valence-corrected chi connectivity index (χ1v) is 13.0. The molecule has 120 valence electrons. The average Bonchev–Trinajstić information content (AvgIpc) is 2.60. The highest BCUT2D eigenvalue weighted by Crippen LogP contribution is 2.09. The molecule has 0 N–H and O–H groups in total. The fourth-order valence-corrected chi connectivity index (χ4v) is 11.3. The molecule has 0 fully saturated rings. The van der Waals surface area contributed by atoms with Gasteiger partial charge in [0.05, 0.1) is 0 Å². The highest BCUT2D eigenvalue weighted by Gasteiger charge is 2.37. The van der Waals surface area contributed by atoms with Crippen molar-refractivity contribution in [1.29, 1.82) is 0 Å². The van der Waals surface area contributed by atoms with Crippen LogP contribution in [0.5, 0.6) is 0 Å². The second-order valence-corrected chi connectivity index (χ2v) is 14.1. The van der Waals surface area contributed by atoms with E-state index in [2.05, 4.69) is 100 Å². The van der Waals surface area contributed by atoms with Crippen molar-refractivity contribution in [2.45, 2.75) is 27.3 Å². The third-order valence-electron chi connectivity index (χ3n) is 4.83. The molecule has 0 aliphatic carbocycles. The largest absolute Gasteiger partial charge is 0.133 e. The van der Waals surface area contributed by atoms with Crippen molar-refractivity contribution in [1.82, 2.24) is 0 Å². The summed E-state index contributed by atoms with van der Waals surface area (Å²) in [6, 6.07) is 27.7. The molecule has 0 aliphatic heterocycles. The molecule has 0 saturated carbocycles. The van der Waals surface area contributed by atoms with Gasteiger partial charge in [-0.1, -0.05) is 112 Å². The zero-order chi connectivity index (χ0) is 17.2. The maximum atomic E-state index is 2.38. The van der Waals surface area contributed by atoms with Gasteiger partial charge < -0.3 is 0 Å². The molecule has 0 spiro atoms. The Kier molecular flexibility index (Phi) is 4.88. The molecule has 0 aliphatic rings. The Balaban J connectivity index is 2.27. The molecule has 0 unspecified atom stereocenters. The Morgan fingerprint density at radius 3 is 0.958 bits per heavy atom. The summed E-state index contributed by atoms with van der Waals surface area (Å²) in [5.41, 5.74) is 3.98. The lowest BCUT2D eigenvalue weighted by atomic mass is 10.2. The molecule has 0 saturated heterocycles. The molecule has 2 heteroatoms. The third-order valence-corrected chi connectivity index (χ3v) is 14.0. The summed E-state index contributed by atoms with van der Waals surface area (Å²) in [5.74, 6) is 0. The second-order valence-electron chi connectivity index (χ2n) is 6.60. The average molecular weight is 345 g/mol. The molecule has 3 aromatic carbocycles. The molecule has 0 heterocycles. The summed E-state index contributed by atoms with van der Waals surface area (Å²) in [5, 5.41) is 4.55. The van der Waals surface area contributed by atoms with Crippen LogP contribution in [0.15, 0.2) is 72.8 Å². The zero-order valence-electron chi connectivity index (χ0n) is 14.9. The lowest BCUT2D eigenvalue weighted by molar-refractivity contribution is 1.47. The molecule has 0 aromatic heterocycles. The SMILES string of the molecule is C[Si][Si](c1ccc(C)cc1)(c1ccc(C)cc1)c1ccc(C)cc1. The predicted octanol–water partition coefficient (Wildman–Crippen LogP) is 3.33. The van der Waals surface area contributed by atoms with Crippen LogP contribution in [0, 0.1) is 20.8 Å². The fourth-order valence-electron chi connectivity index (χ4n) is 3.34. The third kappa shape index (κ3) is 3.04. The van der Waals surface area contributed by atoms with Gasteiger partial charge in [0, 0.05) is 9.04 Å². The quantitative estimate of drug-likeness (QED) is 0.503. The summed E-state index contributed by atoms with van der Waals surface area (Å²) in [6.45, 7) is 8.88. The van der Waals surface area contributed by atoms with Gasteiger partial charge in [0.25, 0.3) is 0 Å². The smallest absolute Gasteiger partial charge is 0.0745 e. The van der Waals surface area contributed by atoms with Crippen molar-refractivity contribution >= 4 is 32.2 Å². The van der Waals surface area contributed by atoms with E-state index in [1.165, 1.54) is 32.3 Å². The van der Waals surface area contributed by atoms with E-state index in [4.69, 9.17) is 0 Å². The van der Waals surface area contributed by atoms with E-state index in [-0.39, 0.29) is 0 Å². The van der Waals surface area contributed by atoms with Gasteiger partial charge in [-0.3, -0.25) is 0 Å². The highest BCUT2D eigenvalue weighted by molar-refractivity contribution is 7.43. The van der Waals surface area contributed by atoms with Gasteiger partial charge in [0.15, 0.2) is 0 Å². The number of aryl methyl sites for hydroxylation is 3. The Bertz CT molecular complexity index is 689. The first-order valence-electron chi connectivity index (χ1n) is 8.46. The normalized spacial score (nSPS) is 11.5. The maximum absolute atomic E-state index is 2.38. The maximum Gasteiger partial charge on any atom is 0.133 e. The minimum atomic E-state index is -1.94. The molecule has 3 aromatic rings. The van der Waals surface area contributed by atoms with Crippen LogP contribution in [0.25, 0.3) is 0 Å². The summed E-state index contributed by atoms with van der Waals surface area (Å²) in [6.07, 6.45) is 0. The topological polar surface area (TPSA) is 0 Å². The highest BCUT2D eigenvalue weighted by atomic mass is 29.2. The lowest BCUT2D eigenvalue weighted by Gasteiger charge is -2.32. The molecular formula is C22H24Si2. The van der Waals surface area contributed by atoms with E-state index in [9.17, 15) is 0 Å². The van der Waals surface area contributed by atoms with Crippen molar-refractivity contribution in [3.05, 3.63) is 89.5 Å². The summed E-state index contributed by atoms with van der Waals surface area (Å²) < 4.78 is 0. The Morgan fingerprint density at radius 1 is 0.500 bits per heavy atom. The summed E-state index contributed by atoms with van der Waals surface area (Å²) >= 11 is 0. The van der Waals surface area contributed by atoms with Crippen LogP contribution < -0.4 is 15.6 Å². The molecule has 24 heavy (non-hydrogen) atoms. The minimum Gasteiger partial charge on any atom is -0.0745 e. The van der Waals surface area contributed by atoms with E-state index in [1.54, 1.807) is 0 Å². The Hall–Kier alpha value is -1.91. The van der Waals surface area contributed by atoms with Crippen LogP contribution in [0.2, 0.25) is 6.55 Å². The van der Waals surface area contributed by atoms with Gasteiger partial charge >= 0.3 is 0 Å². The van der Waals surface area contributed by atoms with Gasteiger partial charge in [0.1, 0.15) is 7.59 Å². The van der Waals surface area contributed by atoms with E-state index in [0.717, 1.165) is 9.04 Å². The Labute approximate surface area is 149 Å². The van der Waals surface area contributed by atoms with Crippen molar-refractivity contribution in [3.63, 3.8) is 0 Å². The van der Waals surface area contributed by atoms with Crippen molar-refractivity contribution < 1.29 is 0 Å². The predicted molar refractivity (Wildman–Crippen MR) is 110 cm³/mol. The second kappa shape index (κ2) is 6.92. The number of hydrogen-bond acceptors (Lipinski definition) is 0. The van der Waals surface area contributed by atoms with Crippen LogP contribution in [0.3, 0.4) is 0 Å². The Morgan fingerprint density at radius 2 is 0.750 bits per heavy atom. The first-order chi connectivity index (χ1) is 11.6. The zero-order valence-corrected chi connectivity index (χ0v) is 16.9. The molecule has 0 bridgehead atoms. The number of benzene rings is 3. The van der Waals surface area contributed by atoms with Gasteiger partial charge in [-0.25, -0.2) is 0 Å². The van der Waals surface area contributed by atoms with Crippen LogP contribution in [0.4, 0.5) is 0 Å². The van der Waals surface area contributed by atoms with Gasteiger partial charge in [0.2, 0.25) is 0 Å². The van der Waals surface area contributed by atoms with E-state index in [1.807, 2.05) is 0 Å². The van der Waals surface area contributed by atoms with Crippen molar-refractivity contribution in [3.8, 4) is 0 Å². The molecule has 3 rings (SSSR count). The molecular weight excluding hydrogens is 320 g/mol. The fraction of sp³-hybridized carbons (Fsp3) is 0.182. The summed E-state index contributed by atoms with van der Waals surface area (Å²) in [4.78, 5) is 0. The number of hydrogen-bond donors (Lipinski definition) is 0. The molecule has 2 radical (unpaired) electrons. The van der Waals surface area contributed by atoms with Gasteiger partial charge in [-0.05, 0) is 20.8 Å². The van der Waals surface area contributed by atoms with Crippen LogP contribution >= 0.6 is 0 Å². The first kappa shape index (κ1) is 16.9. The monoisotopic (exact) mass is 344 g/mol. The van der Waals surface area contributed by atoms with Crippen LogP contribution in [0.1, 0.15) is 16.7 Å². The molecule has 0 atom stereocenters. The van der Waals surface area contributed by atoms with Crippen molar-refractivity contribution in [2.24, 2.45) is 0 Å². The lowest BCUT2D eigenvalue weighted by Crippen LogP contribution is -2.71. The van der Waals surface area contributed by atoms with Gasteiger partial charge in [-0.2, -0.15) is 0 Å². The molecule has 0 amide bonds. The number of rotatable bonds is 4. The molecule has 0 nitrogen and oxygen atoms in total. The standard InChI is InChI=1S/C22H24Si2/c1-17-5-11-20(12-6-17)24(23-4,21-13-7-18(2)8-14-21)22-15-9-19(3)10-16-22/h5-16H,1-4H3. The van der Waals surface area contributed by atoms with Crippen molar-refractivity contribution in [2.75, 3.05) is 0 Å². The van der Waals surface area contributed by atoms with Crippen LogP contribution in [-0.4, -0.2) is 16.6 Å². The summed E-state index contributed by atoms with van der Waals surface area (Å²) in [7, 11) is -1.06. The van der Waals surface area contributed by atoms with E-state index >= 15 is 0 Å². The van der Waals surface area contributed by atoms with Gasteiger partial charge in [-0.15, -0.1) is 0 Å².